The first-order valence-corrected chi connectivity index (χ1v) is 6.57. The van der Waals surface area contributed by atoms with Gasteiger partial charge in [-0.05, 0) is 31.4 Å². The van der Waals surface area contributed by atoms with Gasteiger partial charge < -0.3 is 4.90 Å². The van der Waals surface area contributed by atoms with E-state index in [-0.39, 0.29) is 5.41 Å². The predicted octanol–water partition coefficient (Wildman–Crippen LogP) is 4.02. The summed E-state index contributed by atoms with van der Waals surface area (Å²) in [7, 11) is 0. The SMILES string of the molecule is CCC=C1CC12C=CN(CC)c1ccccc12. The van der Waals surface area contributed by atoms with Crippen LogP contribution in [0.3, 0.4) is 0 Å². The molecule has 0 aromatic heterocycles. The Morgan fingerprint density at radius 2 is 2.12 bits per heavy atom. The van der Waals surface area contributed by atoms with Gasteiger partial charge in [-0.25, -0.2) is 0 Å². The maximum absolute atomic E-state index is 2.39. The number of allylic oxidation sites excluding steroid dienone is 3. The standard InChI is InChI=1S/C16H19N/c1-3-7-13-12-16(13)10-11-17(4-2)15-9-6-5-8-14(15)16/h5-11H,3-4,12H2,1-2H3. The summed E-state index contributed by atoms with van der Waals surface area (Å²) in [5.41, 5.74) is 4.72. The van der Waals surface area contributed by atoms with E-state index in [1.165, 1.54) is 17.7 Å². The number of para-hydroxylation sites is 1. The van der Waals surface area contributed by atoms with Crippen molar-refractivity contribution in [2.75, 3.05) is 11.4 Å². The highest BCUT2D eigenvalue weighted by Crippen LogP contribution is 2.59. The molecule has 1 aromatic carbocycles. The molecule has 1 nitrogen and oxygen atoms in total. The smallest absolute Gasteiger partial charge is 0.0450 e. The summed E-state index contributed by atoms with van der Waals surface area (Å²) < 4.78 is 0. The van der Waals surface area contributed by atoms with E-state index in [1.54, 1.807) is 5.57 Å². The molecule has 0 radical (unpaired) electrons. The Hall–Kier alpha value is -1.50. The molecule has 0 N–H and O–H groups in total. The summed E-state index contributed by atoms with van der Waals surface area (Å²) >= 11 is 0. The molecular formula is C16H19N. The van der Waals surface area contributed by atoms with Gasteiger partial charge >= 0.3 is 0 Å². The van der Waals surface area contributed by atoms with Gasteiger partial charge in [0.15, 0.2) is 0 Å². The highest BCUT2D eigenvalue weighted by atomic mass is 15.1. The summed E-state index contributed by atoms with van der Waals surface area (Å²) in [6, 6.07) is 8.83. The zero-order valence-electron chi connectivity index (χ0n) is 10.6. The molecule has 1 aliphatic carbocycles. The van der Waals surface area contributed by atoms with Gasteiger partial charge in [0, 0.05) is 23.8 Å². The largest absolute Gasteiger partial charge is 0.348 e. The number of anilines is 1. The quantitative estimate of drug-likeness (QED) is 0.687. The normalized spacial score (nSPS) is 27.6. The second kappa shape index (κ2) is 3.76. The molecule has 1 atom stereocenters. The number of hydrogen-bond donors (Lipinski definition) is 0. The van der Waals surface area contributed by atoms with E-state index in [0.717, 1.165) is 13.0 Å². The minimum Gasteiger partial charge on any atom is -0.348 e. The first-order valence-electron chi connectivity index (χ1n) is 6.57. The van der Waals surface area contributed by atoms with Crippen LogP contribution >= 0.6 is 0 Å². The number of nitrogens with zero attached hydrogens (tertiary/aromatic N) is 1. The predicted molar refractivity (Wildman–Crippen MR) is 73.3 cm³/mol. The van der Waals surface area contributed by atoms with Crippen LogP contribution in [-0.2, 0) is 5.41 Å². The molecule has 3 rings (SSSR count). The topological polar surface area (TPSA) is 3.24 Å². The molecule has 1 aromatic rings. The average Bonchev–Trinajstić information content (AvgIpc) is 3.05. The second-order valence-corrected chi connectivity index (χ2v) is 4.90. The lowest BCUT2D eigenvalue weighted by Gasteiger charge is -2.29. The van der Waals surface area contributed by atoms with Crippen LogP contribution in [0.4, 0.5) is 5.69 Å². The molecule has 1 spiro atoms. The van der Waals surface area contributed by atoms with Crippen LogP contribution in [0.2, 0.25) is 0 Å². The summed E-state index contributed by atoms with van der Waals surface area (Å²) in [6.45, 7) is 5.46. The lowest BCUT2D eigenvalue weighted by molar-refractivity contribution is 0.857. The molecule has 2 aliphatic rings. The summed E-state index contributed by atoms with van der Waals surface area (Å²) in [4.78, 5) is 2.34. The van der Waals surface area contributed by atoms with Crippen molar-refractivity contribution in [3.05, 3.63) is 53.8 Å². The van der Waals surface area contributed by atoms with E-state index in [9.17, 15) is 0 Å². The molecule has 1 heterocycles. The van der Waals surface area contributed by atoms with E-state index >= 15 is 0 Å². The number of hydrogen-bond acceptors (Lipinski definition) is 1. The monoisotopic (exact) mass is 225 g/mol. The Kier molecular flexibility index (Phi) is 2.36. The van der Waals surface area contributed by atoms with E-state index in [4.69, 9.17) is 0 Å². The maximum Gasteiger partial charge on any atom is 0.0450 e. The lowest BCUT2D eigenvalue weighted by atomic mass is 9.90. The van der Waals surface area contributed by atoms with Crippen LogP contribution in [0.25, 0.3) is 0 Å². The second-order valence-electron chi connectivity index (χ2n) is 4.90. The molecule has 1 unspecified atom stereocenters. The summed E-state index contributed by atoms with van der Waals surface area (Å²) in [5.74, 6) is 0. The van der Waals surface area contributed by atoms with Crippen molar-refractivity contribution in [1.82, 2.24) is 0 Å². The van der Waals surface area contributed by atoms with E-state index in [0.29, 0.717) is 0 Å². The molecular weight excluding hydrogens is 206 g/mol. The van der Waals surface area contributed by atoms with Crippen molar-refractivity contribution in [2.24, 2.45) is 0 Å². The number of rotatable bonds is 2. The minimum absolute atomic E-state index is 0.248. The van der Waals surface area contributed by atoms with E-state index in [2.05, 4.69) is 61.4 Å². The van der Waals surface area contributed by atoms with Gasteiger partial charge in [-0.3, -0.25) is 0 Å². The van der Waals surface area contributed by atoms with Crippen molar-refractivity contribution in [2.45, 2.75) is 32.1 Å². The molecule has 17 heavy (non-hydrogen) atoms. The fourth-order valence-electron chi connectivity index (χ4n) is 2.96. The lowest BCUT2D eigenvalue weighted by Crippen LogP contribution is -2.24. The Morgan fingerprint density at radius 1 is 1.29 bits per heavy atom. The Bertz CT molecular complexity index is 498. The van der Waals surface area contributed by atoms with E-state index < -0.39 is 0 Å². The van der Waals surface area contributed by atoms with Gasteiger partial charge in [-0.2, -0.15) is 0 Å². The van der Waals surface area contributed by atoms with Crippen molar-refractivity contribution in [1.29, 1.82) is 0 Å². The molecule has 0 saturated heterocycles. The molecule has 1 heteroatoms. The van der Waals surface area contributed by atoms with Crippen LogP contribution in [-0.4, -0.2) is 6.54 Å². The van der Waals surface area contributed by atoms with Crippen molar-refractivity contribution in [3.8, 4) is 0 Å². The molecule has 0 amide bonds. The zero-order valence-corrected chi connectivity index (χ0v) is 10.6. The van der Waals surface area contributed by atoms with Gasteiger partial charge in [-0.1, -0.05) is 42.8 Å². The Balaban J connectivity index is 2.09. The van der Waals surface area contributed by atoms with Gasteiger partial charge in [0.2, 0.25) is 0 Å². The van der Waals surface area contributed by atoms with Crippen LogP contribution in [0.5, 0.6) is 0 Å². The van der Waals surface area contributed by atoms with Crippen molar-refractivity contribution >= 4 is 5.69 Å². The zero-order chi connectivity index (χ0) is 11.9. The minimum atomic E-state index is 0.248. The van der Waals surface area contributed by atoms with Crippen LogP contribution < -0.4 is 4.90 Å². The van der Waals surface area contributed by atoms with Crippen molar-refractivity contribution in [3.63, 3.8) is 0 Å². The van der Waals surface area contributed by atoms with Crippen LogP contribution in [0.1, 0.15) is 32.3 Å². The number of benzene rings is 1. The van der Waals surface area contributed by atoms with Gasteiger partial charge in [0.05, 0.1) is 0 Å². The third-order valence-electron chi connectivity index (χ3n) is 3.94. The molecule has 1 aliphatic heterocycles. The van der Waals surface area contributed by atoms with Crippen LogP contribution in [0.15, 0.2) is 48.2 Å². The highest BCUT2D eigenvalue weighted by Gasteiger charge is 2.50. The highest BCUT2D eigenvalue weighted by molar-refractivity contribution is 5.71. The molecule has 1 saturated carbocycles. The van der Waals surface area contributed by atoms with Gasteiger partial charge in [-0.15, -0.1) is 0 Å². The summed E-state index contributed by atoms with van der Waals surface area (Å²) in [6.07, 6.45) is 9.40. The van der Waals surface area contributed by atoms with Gasteiger partial charge in [0.1, 0.15) is 0 Å². The average molecular weight is 225 g/mol. The molecule has 0 bridgehead atoms. The first-order chi connectivity index (χ1) is 8.31. The Labute approximate surface area is 103 Å². The summed E-state index contributed by atoms with van der Waals surface area (Å²) in [5, 5.41) is 0. The third kappa shape index (κ3) is 1.45. The number of fused-ring (bicyclic) bond motifs is 2. The van der Waals surface area contributed by atoms with Gasteiger partial charge in [0.25, 0.3) is 0 Å². The third-order valence-corrected chi connectivity index (χ3v) is 3.94. The van der Waals surface area contributed by atoms with E-state index in [1.807, 2.05) is 0 Å². The molecule has 88 valence electrons. The molecule has 1 fully saturated rings. The fourth-order valence-corrected chi connectivity index (χ4v) is 2.96. The van der Waals surface area contributed by atoms with Crippen molar-refractivity contribution < 1.29 is 0 Å². The Morgan fingerprint density at radius 3 is 2.88 bits per heavy atom. The van der Waals surface area contributed by atoms with Crippen LogP contribution in [0, 0.1) is 0 Å². The fraction of sp³-hybridized carbons (Fsp3) is 0.375. The first kappa shape index (κ1) is 10.6. The maximum atomic E-state index is 2.39.